The standard InChI is InChI=1S/C17H27NO/c1-4-13-19-16-7-5-14(6-8-16)18-15-9-11-17(2,3)12-10-15/h5-8,15,18H,4,9-13H2,1-3H3. The molecule has 1 N–H and O–H groups in total. The van der Waals surface area contributed by atoms with Gasteiger partial charge in [-0.2, -0.15) is 0 Å². The summed E-state index contributed by atoms with van der Waals surface area (Å²) in [5.74, 6) is 0.970. The first-order chi connectivity index (χ1) is 9.09. The summed E-state index contributed by atoms with van der Waals surface area (Å²) in [5, 5.41) is 3.65. The number of anilines is 1. The van der Waals surface area contributed by atoms with Gasteiger partial charge in [0.15, 0.2) is 0 Å². The van der Waals surface area contributed by atoms with E-state index in [2.05, 4.69) is 50.4 Å². The average Bonchev–Trinajstić information content (AvgIpc) is 2.40. The molecular formula is C17H27NO. The van der Waals surface area contributed by atoms with Gasteiger partial charge in [-0.05, 0) is 61.8 Å². The van der Waals surface area contributed by atoms with Gasteiger partial charge in [-0.3, -0.25) is 0 Å². The zero-order chi connectivity index (χ0) is 13.7. The van der Waals surface area contributed by atoms with Gasteiger partial charge in [0, 0.05) is 11.7 Å². The molecule has 106 valence electrons. The first kappa shape index (κ1) is 14.2. The van der Waals surface area contributed by atoms with Crippen molar-refractivity contribution in [1.82, 2.24) is 0 Å². The summed E-state index contributed by atoms with van der Waals surface area (Å²) in [6, 6.07) is 9.01. The number of rotatable bonds is 5. The van der Waals surface area contributed by atoms with Crippen molar-refractivity contribution in [3.63, 3.8) is 0 Å². The maximum absolute atomic E-state index is 5.60. The molecule has 0 amide bonds. The maximum atomic E-state index is 5.60. The Morgan fingerprint density at radius 2 is 1.79 bits per heavy atom. The lowest BCUT2D eigenvalue weighted by Crippen LogP contribution is -2.29. The van der Waals surface area contributed by atoms with Crippen LogP contribution in [0.3, 0.4) is 0 Å². The highest BCUT2D eigenvalue weighted by Crippen LogP contribution is 2.36. The van der Waals surface area contributed by atoms with Crippen molar-refractivity contribution in [3.05, 3.63) is 24.3 Å². The number of hydrogen-bond acceptors (Lipinski definition) is 2. The SMILES string of the molecule is CCCOc1ccc(NC2CCC(C)(C)CC2)cc1. The smallest absolute Gasteiger partial charge is 0.119 e. The Hall–Kier alpha value is -1.18. The van der Waals surface area contributed by atoms with E-state index >= 15 is 0 Å². The molecule has 0 aromatic heterocycles. The normalized spacial score (nSPS) is 19.1. The van der Waals surface area contributed by atoms with E-state index in [-0.39, 0.29) is 0 Å². The van der Waals surface area contributed by atoms with Crippen LogP contribution >= 0.6 is 0 Å². The Kier molecular flexibility index (Phi) is 4.73. The molecule has 1 aliphatic rings. The lowest BCUT2D eigenvalue weighted by atomic mass is 9.75. The van der Waals surface area contributed by atoms with Crippen LogP contribution in [-0.2, 0) is 0 Å². The van der Waals surface area contributed by atoms with Crippen molar-refractivity contribution in [3.8, 4) is 5.75 Å². The molecule has 0 saturated heterocycles. The van der Waals surface area contributed by atoms with E-state index in [0.29, 0.717) is 11.5 Å². The highest BCUT2D eigenvalue weighted by Gasteiger charge is 2.26. The predicted octanol–water partition coefficient (Wildman–Crippen LogP) is 4.86. The van der Waals surface area contributed by atoms with Gasteiger partial charge in [0.25, 0.3) is 0 Å². The first-order valence-corrected chi connectivity index (χ1v) is 7.58. The lowest BCUT2D eigenvalue weighted by Gasteiger charge is -2.35. The molecule has 1 saturated carbocycles. The topological polar surface area (TPSA) is 21.3 Å². The summed E-state index contributed by atoms with van der Waals surface area (Å²) in [6.45, 7) is 7.68. The minimum Gasteiger partial charge on any atom is -0.494 e. The number of nitrogens with one attached hydrogen (secondary N) is 1. The summed E-state index contributed by atoms with van der Waals surface area (Å²) < 4.78 is 5.60. The third-order valence-corrected chi connectivity index (χ3v) is 4.04. The second-order valence-electron chi connectivity index (χ2n) is 6.46. The van der Waals surface area contributed by atoms with E-state index in [1.165, 1.54) is 31.4 Å². The quantitative estimate of drug-likeness (QED) is 0.817. The molecule has 0 spiro atoms. The third kappa shape index (κ3) is 4.45. The van der Waals surface area contributed by atoms with Gasteiger partial charge in [-0.25, -0.2) is 0 Å². The Balaban J connectivity index is 1.83. The molecule has 1 aromatic carbocycles. The van der Waals surface area contributed by atoms with Gasteiger partial charge in [-0.15, -0.1) is 0 Å². The molecule has 1 aromatic rings. The fourth-order valence-electron chi connectivity index (χ4n) is 2.65. The molecule has 1 fully saturated rings. The maximum Gasteiger partial charge on any atom is 0.119 e. The molecule has 0 radical (unpaired) electrons. The highest BCUT2D eigenvalue weighted by molar-refractivity contribution is 5.47. The van der Waals surface area contributed by atoms with Gasteiger partial charge in [0.2, 0.25) is 0 Å². The van der Waals surface area contributed by atoms with Crippen molar-refractivity contribution in [1.29, 1.82) is 0 Å². The van der Waals surface area contributed by atoms with Crippen LogP contribution in [0, 0.1) is 5.41 Å². The summed E-state index contributed by atoms with van der Waals surface area (Å²) in [4.78, 5) is 0. The van der Waals surface area contributed by atoms with Crippen molar-refractivity contribution in [2.24, 2.45) is 5.41 Å². The van der Waals surface area contributed by atoms with Crippen molar-refractivity contribution < 1.29 is 4.74 Å². The monoisotopic (exact) mass is 261 g/mol. The second kappa shape index (κ2) is 6.31. The molecule has 2 nitrogen and oxygen atoms in total. The van der Waals surface area contributed by atoms with E-state index in [4.69, 9.17) is 4.74 Å². The highest BCUT2D eigenvalue weighted by atomic mass is 16.5. The van der Waals surface area contributed by atoms with Crippen LogP contribution in [0.25, 0.3) is 0 Å². The largest absolute Gasteiger partial charge is 0.494 e. The number of benzene rings is 1. The summed E-state index contributed by atoms with van der Waals surface area (Å²) in [5.41, 5.74) is 1.75. The molecule has 0 aliphatic heterocycles. The van der Waals surface area contributed by atoms with Gasteiger partial charge < -0.3 is 10.1 Å². The summed E-state index contributed by atoms with van der Waals surface area (Å²) >= 11 is 0. The molecule has 2 heteroatoms. The van der Waals surface area contributed by atoms with Crippen LogP contribution in [0.15, 0.2) is 24.3 Å². The van der Waals surface area contributed by atoms with Gasteiger partial charge in [0.05, 0.1) is 6.61 Å². The minimum absolute atomic E-state index is 0.538. The zero-order valence-electron chi connectivity index (χ0n) is 12.5. The minimum atomic E-state index is 0.538. The van der Waals surface area contributed by atoms with Gasteiger partial charge in [0.1, 0.15) is 5.75 Å². The van der Waals surface area contributed by atoms with Crippen LogP contribution in [0.5, 0.6) is 5.75 Å². The number of ether oxygens (including phenoxy) is 1. The molecule has 0 bridgehead atoms. The van der Waals surface area contributed by atoms with Crippen molar-refractivity contribution in [2.45, 2.75) is 58.9 Å². The van der Waals surface area contributed by atoms with Crippen molar-refractivity contribution >= 4 is 5.69 Å². The van der Waals surface area contributed by atoms with E-state index in [9.17, 15) is 0 Å². The Morgan fingerprint density at radius 3 is 2.37 bits per heavy atom. The van der Waals surface area contributed by atoms with E-state index < -0.39 is 0 Å². The van der Waals surface area contributed by atoms with E-state index in [1.807, 2.05) is 0 Å². The lowest BCUT2D eigenvalue weighted by molar-refractivity contribution is 0.232. The van der Waals surface area contributed by atoms with Crippen LogP contribution in [0.2, 0.25) is 0 Å². The van der Waals surface area contributed by atoms with Gasteiger partial charge in [-0.1, -0.05) is 20.8 Å². The Labute approximate surface area is 117 Å². The van der Waals surface area contributed by atoms with E-state index in [0.717, 1.165) is 18.8 Å². The molecular weight excluding hydrogens is 234 g/mol. The van der Waals surface area contributed by atoms with Crippen molar-refractivity contribution in [2.75, 3.05) is 11.9 Å². The predicted molar refractivity (Wildman–Crippen MR) is 81.9 cm³/mol. The first-order valence-electron chi connectivity index (χ1n) is 7.58. The van der Waals surface area contributed by atoms with Crippen LogP contribution in [-0.4, -0.2) is 12.6 Å². The number of hydrogen-bond donors (Lipinski definition) is 1. The second-order valence-corrected chi connectivity index (χ2v) is 6.46. The fourth-order valence-corrected chi connectivity index (χ4v) is 2.65. The molecule has 0 heterocycles. The molecule has 0 unspecified atom stereocenters. The van der Waals surface area contributed by atoms with Crippen LogP contribution < -0.4 is 10.1 Å². The Bertz CT molecular complexity index is 373. The molecule has 1 aliphatic carbocycles. The fraction of sp³-hybridized carbons (Fsp3) is 0.647. The summed E-state index contributed by atoms with van der Waals surface area (Å²) in [7, 11) is 0. The molecule has 2 rings (SSSR count). The molecule has 0 atom stereocenters. The third-order valence-electron chi connectivity index (χ3n) is 4.04. The van der Waals surface area contributed by atoms with Crippen LogP contribution in [0.1, 0.15) is 52.9 Å². The zero-order valence-corrected chi connectivity index (χ0v) is 12.5. The Morgan fingerprint density at radius 1 is 1.16 bits per heavy atom. The summed E-state index contributed by atoms with van der Waals surface area (Å²) in [6.07, 6.45) is 6.25. The average molecular weight is 261 g/mol. The van der Waals surface area contributed by atoms with Crippen LogP contribution in [0.4, 0.5) is 5.69 Å². The van der Waals surface area contributed by atoms with Gasteiger partial charge >= 0.3 is 0 Å². The molecule has 19 heavy (non-hydrogen) atoms. The van der Waals surface area contributed by atoms with E-state index in [1.54, 1.807) is 0 Å².